The molecule has 3 aromatic rings. The summed E-state index contributed by atoms with van der Waals surface area (Å²) in [4.78, 5) is 29.1. The number of carbonyl (C=O) groups excluding carboxylic acids is 2. The fraction of sp³-hybridized carbons (Fsp3) is 0.286. The molecule has 0 bridgehead atoms. The molecule has 0 radical (unpaired) electrons. The number of para-hydroxylation sites is 1. The average molecular weight is 348 g/mol. The van der Waals surface area contributed by atoms with E-state index in [0.717, 1.165) is 35.1 Å². The number of hydrogen-bond acceptors (Lipinski definition) is 4. The fourth-order valence-corrected chi connectivity index (χ4v) is 3.42. The molecule has 0 amide bonds. The smallest absolute Gasteiger partial charge is 0.357 e. The Morgan fingerprint density at radius 2 is 1.92 bits per heavy atom. The number of pyridine rings is 1. The minimum atomic E-state index is -0.583. The molecule has 26 heavy (non-hydrogen) atoms. The van der Waals surface area contributed by atoms with Crippen LogP contribution in [0.1, 0.15) is 51.1 Å². The Hall–Kier alpha value is -2.95. The van der Waals surface area contributed by atoms with Crippen LogP contribution in [-0.4, -0.2) is 27.9 Å². The second-order valence-electron chi connectivity index (χ2n) is 6.77. The molecule has 0 aliphatic heterocycles. The van der Waals surface area contributed by atoms with Gasteiger partial charge in [0.1, 0.15) is 5.69 Å². The maximum absolute atomic E-state index is 12.5. The monoisotopic (exact) mass is 348 g/mol. The lowest BCUT2D eigenvalue weighted by molar-refractivity contribution is 0.0469. The predicted octanol–water partition coefficient (Wildman–Crippen LogP) is 4.03. The molecule has 5 heteroatoms. The van der Waals surface area contributed by atoms with Crippen molar-refractivity contribution in [2.75, 3.05) is 6.61 Å². The second-order valence-corrected chi connectivity index (χ2v) is 6.77. The van der Waals surface area contributed by atoms with Crippen LogP contribution in [-0.2, 0) is 4.74 Å². The molecule has 132 valence electrons. The third-order valence-corrected chi connectivity index (χ3v) is 4.84. The minimum Gasteiger partial charge on any atom is -0.453 e. The molecular weight excluding hydrogens is 328 g/mol. The standard InChI is InChI=1S/C21H20N2O3/c1-13-11-17(14(2)23(13)16-8-9-16)20(24)12-26-21(25)19-10-7-15-5-3-4-6-18(15)22-19/h3-7,10-11,16H,8-9,12H2,1-2H3. The van der Waals surface area contributed by atoms with E-state index in [0.29, 0.717) is 11.6 Å². The molecule has 0 unspecified atom stereocenters. The molecule has 2 heterocycles. The summed E-state index contributed by atoms with van der Waals surface area (Å²) in [5, 5.41) is 0.952. The van der Waals surface area contributed by atoms with E-state index in [1.165, 1.54) is 0 Å². The normalized spacial score (nSPS) is 13.8. The van der Waals surface area contributed by atoms with Crippen molar-refractivity contribution in [3.05, 3.63) is 65.1 Å². The van der Waals surface area contributed by atoms with E-state index >= 15 is 0 Å². The molecule has 0 spiro atoms. The molecule has 1 aliphatic carbocycles. The Morgan fingerprint density at radius 1 is 1.15 bits per heavy atom. The Balaban J connectivity index is 1.47. The van der Waals surface area contributed by atoms with Crippen molar-refractivity contribution in [3.63, 3.8) is 0 Å². The Kier molecular flexibility index (Phi) is 4.07. The Labute approximate surface area is 151 Å². The van der Waals surface area contributed by atoms with E-state index in [1.54, 1.807) is 6.07 Å². The van der Waals surface area contributed by atoms with Gasteiger partial charge in [0.25, 0.3) is 0 Å². The van der Waals surface area contributed by atoms with Gasteiger partial charge in [-0.3, -0.25) is 4.79 Å². The number of hydrogen-bond donors (Lipinski definition) is 0. The number of fused-ring (bicyclic) bond motifs is 1. The lowest BCUT2D eigenvalue weighted by atomic mass is 10.1. The van der Waals surface area contributed by atoms with Gasteiger partial charge in [-0.05, 0) is 44.9 Å². The van der Waals surface area contributed by atoms with Gasteiger partial charge in [0, 0.05) is 28.4 Å². The first-order valence-electron chi connectivity index (χ1n) is 8.79. The van der Waals surface area contributed by atoms with Crippen molar-refractivity contribution in [1.82, 2.24) is 9.55 Å². The number of esters is 1. The molecule has 1 aliphatic rings. The first kappa shape index (κ1) is 16.5. The summed E-state index contributed by atoms with van der Waals surface area (Å²) in [5.74, 6) is -0.765. The molecule has 2 aromatic heterocycles. The van der Waals surface area contributed by atoms with Crippen LogP contribution in [0.4, 0.5) is 0 Å². The van der Waals surface area contributed by atoms with E-state index in [4.69, 9.17) is 4.74 Å². The van der Waals surface area contributed by atoms with Crippen molar-refractivity contribution in [2.24, 2.45) is 0 Å². The van der Waals surface area contributed by atoms with Gasteiger partial charge in [0.2, 0.25) is 5.78 Å². The molecule has 0 atom stereocenters. The number of ether oxygens (including phenoxy) is 1. The highest BCUT2D eigenvalue weighted by molar-refractivity contribution is 6.00. The van der Waals surface area contributed by atoms with Gasteiger partial charge >= 0.3 is 5.97 Å². The average Bonchev–Trinajstić information content (AvgIpc) is 3.43. The zero-order valence-electron chi connectivity index (χ0n) is 14.9. The van der Waals surface area contributed by atoms with E-state index in [1.807, 2.05) is 50.2 Å². The van der Waals surface area contributed by atoms with Crippen molar-refractivity contribution in [2.45, 2.75) is 32.7 Å². The second kappa shape index (κ2) is 6.41. The number of aryl methyl sites for hydroxylation is 1. The summed E-state index contributed by atoms with van der Waals surface area (Å²) in [6.45, 7) is 3.68. The molecule has 1 aromatic carbocycles. The highest BCUT2D eigenvalue weighted by atomic mass is 16.5. The lowest BCUT2D eigenvalue weighted by Gasteiger charge is -2.08. The maximum atomic E-state index is 12.5. The summed E-state index contributed by atoms with van der Waals surface area (Å²) in [5.41, 5.74) is 3.60. The summed E-state index contributed by atoms with van der Waals surface area (Å²) in [6, 6.07) is 13.4. The first-order valence-corrected chi connectivity index (χ1v) is 8.79. The number of rotatable bonds is 5. The van der Waals surface area contributed by atoms with E-state index in [2.05, 4.69) is 9.55 Å². The minimum absolute atomic E-state index is 0.181. The molecule has 0 N–H and O–H groups in total. The van der Waals surface area contributed by atoms with E-state index in [-0.39, 0.29) is 18.1 Å². The topological polar surface area (TPSA) is 61.2 Å². The summed E-state index contributed by atoms with van der Waals surface area (Å²) in [6.07, 6.45) is 2.32. The summed E-state index contributed by atoms with van der Waals surface area (Å²) < 4.78 is 7.42. The van der Waals surface area contributed by atoms with Crippen LogP contribution >= 0.6 is 0 Å². The van der Waals surface area contributed by atoms with Gasteiger partial charge in [-0.25, -0.2) is 9.78 Å². The largest absolute Gasteiger partial charge is 0.453 e. The van der Waals surface area contributed by atoms with E-state index < -0.39 is 5.97 Å². The summed E-state index contributed by atoms with van der Waals surface area (Å²) in [7, 11) is 0. The molecule has 0 saturated heterocycles. The number of carbonyl (C=O) groups is 2. The Bertz CT molecular complexity index is 1020. The van der Waals surface area contributed by atoms with Crippen molar-refractivity contribution >= 4 is 22.7 Å². The summed E-state index contributed by atoms with van der Waals surface area (Å²) >= 11 is 0. The highest BCUT2D eigenvalue weighted by Gasteiger charge is 2.28. The van der Waals surface area contributed by atoms with Gasteiger partial charge in [-0.2, -0.15) is 0 Å². The fourth-order valence-electron chi connectivity index (χ4n) is 3.42. The molecular formula is C21H20N2O3. The first-order chi connectivity index (χ1) is 12.5. The Morgan fingerprint density at radius 3 is 2.69 bits per heavy atom. The highest BCUT2D eigenvalue weighted by Crippen LogP contribution is 2.38. The van der Waals surface area contributed by atoms with Gasteiger partial charge in [-0.1, -0.05) is 24.3 Å². The van der Waals surface area contributed by atoms with Crippen LogP contribution in [0.25, 0.3) is 10.9 Å². The van der Waals surface area contributed by atoms with Crippen LogP contribution in [0.5, 0.6) is 0 Å². The zero-order chi connectivity index (χ0) is 18.3. The SMILES string of the molecule is Cc1cc(C(=O)COC(=O)c2ccc3ccccc3n2)c(C)n1C1CC1. The molecule has 1 saturated carbocycles. The lowest BCUT2D eigenvalue weighted by Crippen LogP contribution is -2.16. The van der Waals surface area contributed by atoms with Crippen LogP contribution in [0.2, 0.25) is 0 Å². The van der Waals surface area contributed by atoms with Crippen LogP contribution in [0.3, 0.4) is 0 Å². The van der Waals surface area contributed by atoms with E-state index in [9.17, 15) is 9.59 Å². The van der Waals surface area contributed by atoms with Crippen molar-refractivity contribution < 1.29 is 14.3 Å². The zero-order valence-corrected chi connectivity index (χ0v) is 14.9. The number of nitrogens with zero attached hydrogens (tertiary/aromatic N) is 2. The molecule has 1 fully saturated rings. The van der Waals surface area contributed by atoms with Gasteiger partial charge in [0.05, 0.1) is 5.52 Å². The quantitative estimate of drug-likeness (QED) is 0.516. The van der Waals surface area contributed by atoms with Crippen LogP contribution in [0.15, 0.2) is 42.5 Å². The van der Waals surface area contributed by atoms with Crippen LogP contribution < -0.4 is 0 Å². The van der Waals surface area contributed by atoms with Crippen molar-refractivity contribution in [3.8, 4) is 0 Å². The van der Waals surface area contributed by atoms with Gasteiger partial charge in [-0.15, -0.1) is 0 Å². The number of aromatic nitrogens is 2. The van der Waals surface area contributed by atoms with Gasteiger partial charge < -0.3 is 9.30 Å². The third-order valence-electron chi connectivity index (χ3n) is 4.84. The molecule has 4 rings (SSSR count). The predicted molar refractivity (Wildman–Crippen MR) is 98.5 cm³/mol. The van der Waals surface area contributed by atoms with Crippen molar-refractivity contribution in [1.29, 1.82) is 0 Å². The van der Waals surface area contributed by atoms with Crippen LogP contribution in [0, 0.1) is 13.8 Å². The maximum Gasteiger partial charge on any atom is 0.357 e. The number of Topliss-reactive ketones (excluding diaryl/α,β-unsaturated/α-hetero) is 1. The number of ketones is 1. The molecule has 5 nitrogen and oxygen atoms in total. The van der Waals surface area contributed by atoms with Gasteiger partial charge in [0.15, 0.2) is 6.61 Å². The third kappa shape index (κ3) is 3.01. The number of benzene rings is 1.